The minimum Gasteiger partial charge on any atom is -0.493 e. The molecule has 0 saturated carbocycles. The fourth-order valence-electron chi connectivity index (χ4n) is 4.74. The summed E-state index contributed by atoms with van der Waals surface area (Å²) >= 11 is 3.74. The average Bonchev–Trinajstić information content (AvgIpc) is 3.27. The number of aryl methyl sites for hydroxylation is 2. The number of rotatable bonds is 11. The number of methoxy groups -OCH3 is 4. The summed E-state index contributed by atoms with van der Waals surface area (Å²) < 4.78 is 24.1. The predicted octanol–water partition coefficient (Wildman–Crippen LogP) is 5.73. The van der Waals surface area contributed by atoms with Crippen LogP contribution in [0.5, 0.6) is 17.2 Å². The molecule has 8 heteroatoms. The van der Waals surface area contributed by atoms with Gasteiger partial charge in [0.15, 0.2) is 17.3 Å². The van der Waals surface area contributed by atoms with Crippen molar-refractivity contribution in [2.45, 2.75) is 23.8 Å². The van der Waals surface area contributed by atoms with Gasteiger partial charge in [-0.2, -0.15) is 0 Å². The molecule has 38 heavy (non-hydrogen) atoms. The number of ether oxygens (including phenoxy) is 4. The van der Waals surface area contributed by atoms with Gasteiger partial charge in [-0.1, -0.05) is 40.2 Å². The highest BCUT2D eigenvalue weighted by molar-refractivity contribution is 9.09. The van der Waals surface area contributed by atoms with Crippen LogP contribution in [-0.2, 0) is 18.2 Å². The maximum absolute atomic E-state index is 13.0. The van der Waals surface area contributed by atoms with Crippen LogP contribution in [0.1, 0.15) is 22.3 Å². The molecule has 0 radical (unpaired) electrons. The lowest BCUT2D eigenvalue weighted by Crippen LogP contribution is -2.32. The van der Waals surface area contributed by atoms with Crippen LogP contribution in [0.2, 0.25) is 0 Å². The van der Waals surface area contributed by atoms with Gasteiger partial charge in [0.2, 0.25) is 5.75 Å². The molecule has 1 N–H and O–H groups in total. The smallest absolute Gasteiger partial charge is 0.203 e. The molecule has 1 aliphatic rings. The molecule has 200 valence electrons. The zero-order valence-electron chi connectivity index (χ0n) is 22.3. The third kappa shape index (κ3) is 5.81. The van der Waals surface area contributed by atoms with Gasteiger partial charge in [0.05, 0.1) is 26.2 Å². The predicted molar refractivity (Wildman–Crippen MR) is 154 cm³/mol. The van der Waals surface area contributed by atoms with E-state index in [0.29, 0.717) is 22.8 Å². The van der Waals surface area contributed by atoms with Gasteiger partial charge in [-0.25, -0.2) is 0 Å². The third-order valence-electron chi connectivity index (χ3n) is 6.64. The number of nitrogens with zero attached hydrogens (tertiary/aromatic N) is 1. The minimum atomic E-state index is -0.211. The van der Waals surface area contributed by atoms with Crippen molar-refractivity contribution in [1.82, 2.24) is 9.88 Å². The molecule has 1 aliphatic carbocycles. The van der Waals surface area contributed by atoms with Crippen molar-refractivity contribution in [3.05, 3.63) is 89.4 Å². The van der Waals surface area contributed by atoms with Crippen molar-refractivity contribution in [2.75, 3.05) is 28.4 Å². The van der Waals surface area contributed by atoms with E-state index in [1.165, 1.54) is 0 Å². The van der Waals surface area contributed by atoms with Crippen molar-refractivity contribution < 1.29 is 23.7 Å². The van der Waals surface area contributed by atoms with Gasteiger partial charge in [0.25, 0.3) is 0 Å². The first-order chi connectivity index (χ1) is 18.4. The van der Waals surface area contributed by atoms with Gasteiger partial charge in [-0.05, 0) is 48.3 Å². The number of hydrogen-bond acceptors (Lipinski definition) is 6. The number of carbonyl (C=O) groups excluding carboxylic acids is 1. The van der Waals surface area contributed by atoms with E-state index in [-0.39, 0.29) is 16.7 Å². The van der Waals surface area contributed by atoms with Crippen LogP contribution in [0.3, 0.4) is 0 Å². The van der Waals surface area contributed by atoms with Crippen LogP contribution in [0, 0.1) is 0 Å². The number of halogens is 1. The summed E-state index contributed by atoms with van der Waals surface area (Å²) in [6, 6.07) is 11.8. The molecule has 1 aromatic heterocycles. The lowest BCUT2D eigenvalue weighted by Gasteiger charge is -2.27. The molecular formula is C30H33BrN2O5. The Kier molecular flexibility index (Phi) is 8.97. The monoisotopic (exact) mass is 580 g/mol. The molecule has 2 atom stereocenters. The summed E-state index contributed by atoms with van der Waals surface area (Å²) in [5.74, 6) is 1.79. The van der Waals surface area contributed by atoms with Gasteiger partial charge in [-0.3, -0.25) is 4.79 Å². The standard InChI is InChI=1S/C30H33BrN2O5/c1-33-18-22(21-8-6-7-9-25(21)33)26(34)12-13-32-24-15-19(14-23(31)29(24)37-4)10-11-20-16-27(35-2)30(38-5)28(17-20)36-3/h6-9,12-18,23,29,32H,10-11H2,1-5H3/b13-12-. The number of fused-ring (bicyclic) bond motifs is 1. The topological polar surface area (TPSA) is 71.0 Å². The number of hydrogen-bond donors (Lipinski definition) is 1. The molecule has 0 bridgehead atoms. The van der Waals surface area contributed by atoms with Crippen LogP contribution >= 0.6 is 15.9 Å². The third-order valence-corrected chi connectivity index (χ3v) is 7.38. The van der Waals surface area contributed by atoms with Crippen LogP contribution in [0.4, 0.5) is 0 Å². The summed E-state index contributed by atoms with van der Waals surface area (Å²) in [6.45, 7) is 0. The van der Waals surface area contributed by atoms with E-state index in [1.54, 1.807) is 40.7 Å². The molecule has 2 unspecified atom stereocenters. The molecule has 0 spiro atoms. The number of aromatic nitrogens is 1. The number of para-hydroxylation sites is 1. The van der Waals surface area contributed by atoms with E-state index < -0.39 is 0 Å². The van der Waals surface area contributed by atoms with Gasteiger partial charge < -0.3 is 28.8 Å². The molecular weight excluding hydrogens is 548 g/mol. The minimum absolute atomic E-state index is 0.0166. The molecule has 0 saturated heterocycles. The molecule has 0 amide bonds. The molecule has 4 rings (SSSR count). The first-order valence-corrected chi connectivity index (χ1v) is 13.2. The second-order valence-corrected chi connectivity index (χ2v) is 10.0. The Morgan fingerprint density at radius 1 is 1.05 bits per heavy atom. The summed E-state index contributed by atoms with van der Waals surface area (Å²) in [6.07, 6.45) is 10.7. The van der Waals surface area contributed by atoms with Crippen molar-refractivity contribution in [3.63, 3.8) is 0 Å². The Hall–Kier alpha value is -3.49. The Morgan fingerprint density at radius 2 is 1.76 bits per heavy atom. The zero-order chi connectivity index (χ0) is 27.2. The Morgan fingerprint density at radius 3 is 2.42 bits per heavy atom. The zero-order valence-corrected chi connectivity index (χ0v) is 23.9. The van der Waals surface area contributed by atoms with Gasteiger partial charge >= 0.3 is 0 Å². The molecule has 2 aromatic carbocycles. The maximum Gasteiger partial charge on any atom is 0.203 e. The van der Waals surface area contributed by atoms with Crippen LogP contribution in [-0.4, -0.2) is 49.7 Å². The highest BCUT2D eigenvalue weighted by Gasteiger charge is 2.25. The van der Waals surface area contributed by atoms with Crippen LogP contribution in [0.25, 0.3) is 10.9 Å². The Balaban J connectivity index is 1.48. The quantitative estimate of drug-likeness (QED) is 0.177. The van der Waals surface area contributed by atoms with Crippen molar-refractivity contribution >= 4 is 32.6 Å². The van der Waals surface area contributed by atoms with E-state index >= 15 is 0 Å². The van der Waals surface area contributed by atoms with Crippen LogP contribution in [0.15, 0.2) is 78.3 Å². The normalized spacial score (nSPS) is 17.3. The van der Waals surface area contributed by atoms with Crippen molar-refractivity contribution in [2.24, 2.45) is 7.05 Å². The highest BCUT2D eigenvalue weighted by Crippen LogP contribution is 2.39. The first kappa shape index (κ1) is 27.5. The molecule has 7 nitrogen and oxygen atoms in total. The highest BCUT2D eigenvalue weighted by atomic mass is 79.9. The van der Waals surface area contributed by atoms with Crippen molar-refractivity contribution in [3.8, 4) is 17.2 Å². The van der Waals surface area contributed by atoms with E-state index in [4.69, 9.17) is 18.9 Å². The largest absolute Gasteiger partial charge is 0.493 e. The van der Waals surface area contributed by atoms with Crippen LogP contribution < -0.4 is 19.5 Å². The van der Waals surface area contributed by atoms with Gasteiger partial charge in [0, 0.05) is 54.8 Å². The number of allylic oxidation sites excluding steroid dienone is 3. The number of ketones is 1. The fraction of sp³-hybridized carbons (Fsp3) is 0.300. The lowest BCUT2D eigenvalue weighted by molar-refractivity contribution is 0.104. The summed E-state index contributed by atoms with van der Waals surface area (Å²) in [7, 11) is 8.44. The molecule has 1 heterocycles. The summed E-state index contributed by atoms with van der Waals surface area (Å²) in [5.41, 5.74) is 4.79. The van der Waals surface area contributed by atoms with E-state index in [9.17, 15) is 4.79 Å². The number of nitrogens with one attached hydrogen (secondary N) is 1. The second-order valence-electron chi connectivity index (χ2n) is 8.99. The molecule has 0 aliphatic heterocycles. The van der Waals surface area contributed by atoms with Gasteiger partial charge in [-0.15, -0.1) is 0 Å². The Bertz CT molecular complexity index is 1380. The average molecular weight is 582 g/mol. The summed E-state index contributed by atoms with van der Waals surface area (Å²) in [4.78, 5) is 12.9. The number of carbonyl (C=O) groups is 1. The number of alkyl halides is 1. The molecule has 3 aromatic rings. The second kappa shape index (κ2) is 12.4. The van der Waals surface area contributed by atoms with E-state index in [1.807, 2.05) is 54.2 Å². The van der Waals surface area contributed by atoms with E-state index in [0.717, 1.165) is 40.6 Å². The number of benzene rings is 2. The Labute approximate surface area is 231 Å². The SMILES string of the molecule is COc1cc(CCC2=CC(Br)C(OC)C(N/C=C\C(=O)c3cn(C)c4ccccc34)=C2)cc(OC)c1OC. The van der Waals surface area contributed by atoms with Crippen molar-refractivity contribution in [1.29, 1.82) is 0 Å². The molecule has 0 fully saturated rings. The van der Waals surface area contributed by atoms with Gasteiger partial charge in [0.1, 0.15) is 6.10 Å². The lowest BCUT2D eigenvalue weighted by atomic mass is 9.96. The maximum atomic E-state index is 13.0. The summed E-state index contributed by atoms with van der Waals surface area (Å²) in [5, 5.41) is 4.23. The van der Waals surface area contributed by atoms with E-state index in [2.05, 4.69) is 33.4 Å². The first-order valence-electron chi connectivity index (χ1n) is 12.3. The fourth-order valence-corrected chi connectivity index (χ4v) is 5.58.